The van der Waals surface area contributed by atoms with Gasteiger partial charge in [-0.2, -0.15) is 0 Å². The number of aryl methyl sites for hydroxylation is 1. The van der Waals surface area contributed by atoms with Crippen LogP contribution in [0.2, 0.25) is 0 Å². The van der Waals surface area contributed by atoms with E-state index in [1.54, 1.807) is 0 Å². The maximum Gasteiger partial charge on any atom is 0.321 e. The highest BCUT2D eigenvalue weighted by Crippen LogP contribution is 2.17. The minimum atomic E-state index is -0.0582. The zero-order valence-corrected chi connectivity index (χ0v) is 13.4. The molecule has 1 aliphatic heterocycles. The molecular formula is C17H25N3O2. The zero-order chi connectivity index (χ0) is 15.9. The van der Waals surface area contributed by atoms with Gasteiger partial charge in [0.1, 0.15) is 0 Å². The van der Waals surface area contributed by atoms with E-state index in [4.69, 9.17) is 0 Å². The molecule has 2 N–H and O–H groups in total. The average Bonchev–Trinajstić information content (AvgIpc) is 2.53. The molecule has 1 fully saturated rings. The van der Waals surface area contributed by atoms with Crippen molar-refractivity contribution in [1.82, 2.24) is 10.2 Å². The van der Waals surface area contributed by atoms with Crippen LogP contribution in [0.15, 0.2) is 24.3 Å². The van der Waals surface area contributed by atoms with Gasteiger partial charge in [-0.3, -0.25) is 4.79 Å². The van der Waals surface area contributed by atoms with Crippen molar-refractivity contribution in [3.63, 3.8) is 0 Å². The molecule has 1 unspecified atom stereocenters. The van der Waals surface area contributed by atoms with Crippen LogP contribution >= 0.6 is 0 Å². The molecule has 0 spiro atoms. The highest BCUT2D eigenvalue weighted by atomic mass is 16.2. The van der Waals surface area contributed by atoms with Crippen LogP contribution in [0.1, 0.15) is 31.7 Å². The number of rotatable bonds is 4. The van der Waals surface area contributed by atoms with E-state index in [0.717, 1.165) is 30.6 Å². The minimum absolute atomic E-state index is 0.0582. The molecule has 5 nitrogen and oxygen atoms in total. The molecule has 2 rings (SSSR count). The predicted molar refractivity (Wildman–Crippen MR) is 87.8 cm³/mol. The van der Waals surface area contributed by atoms with Gasteiger partial charge in [0, 0.05) is 31.7 Å². The molecule has 0 radical (unpaired) electrons. The number of urea groups is 1. The summed E-state index contributed by atoms with van der Waals surface area (Å²) in [5.74, 6) is 0.411. The van der Waals surface area contributed by atoms with Crippen molar-refractivity contribution >= 4 is 17.6 Å². The number of carbonyl (C=O) groups is 2. The van der Waals surface area contributed by atoms with Crippen molar-refractivity contribution in [3.05, 3.63) is 29.8 Å². The zero-order valence-electron chi connectivity index (χ0n) is 13.4. The summed E-state index contributed by atoms with van der Waals surface area (Å²) in [5, 5.41) is 5.87. The van der Waals surface area contributed by atoms with E-state index >= 15 is 0 Å². The lowest BCUT2D eigenvalue weighted by Gasteiger charge is -2.32. The summed E-state index contributed by atoms with van der Waals surface area (Å²) in [5.41, 5.74) is 1.95. The van der Waals surface area contributed by atoms with Gasteiger partial charge in [-0.05, 0) is 43.4 Å². The quantitative estimate of drug-likeness (QED) is 0.898. The van der Waals surface area contributed by atoms with E-state index in [1.807, 2.05) is 43.0 Å². The summed E-state index contributed by atoms with van der Waals surface area (Å²) < 4.78 is 0. The number of piperidine rings is 1. The molecular weight excluding hydrogens is 278 g/mol. The van der Waals surface area contributed by atoms with Crippen LogP contribution in [0.25, 0.3) is 0 Å². The molecule has 1 aliphatic rings. The smallest absolute Gasteiger partial charge is 0.321 e. The Balaban J connectivity index is 1.85. The van der Waals surface area contributed by atoms with E-state index in [2.05, 4.69) is 10.6 Å². The summed E-state index contributed by atoms with van der Waals surface area (Å²) in [6.07, 6.45) is 2.54. The van der Waals surface area contributed by atoms with Crippen molar-refractivity contribution in [2.75, 3.05) is 25.0 Å². The van der Waals surface area contributed by atoms with Gasteiger partial charge in [-0.25, -0.2) is 4.79 Å². The third-order valence-corrected chi connectivity index (χ3v) is 3.98. The molecule has 5 heteroatoms. The molecule has 120 valence electrons. The predicted octanol–water partition coefficient (Wildman–Crippen LogP) is 2.77. The second-order valence-electron chi connectivity index (χ2n) is 5.91. The highest BCUT2D eigenvalue weighted by molar-refractivity contribution is 5.89. The summed E-state index contributed by atoms with van der Waals surface area (Å²) in [6, 6.07) is 7.74. The van der Waals surface area contributed by atoms with Crippen molar-refractivity contribution in [3.8, 4) is 0 Å². The summed E-state index contributed by atoms with van der Waals surface area (Å²) in [7, 11) is 0. The van der Waals surface area contributed by atoms with Gasteiger partial charge >= 0.3 is 6.03 Å². The van der Waals surface area contributed by atoms with E-state index in [-0.39, 0.29) is 11.9 Å². The summed E-state index contributed by atoms with van der Waals surface area (Å²) in [6.45, 7) is 5.97. The lowest BCUT2D eigenvalue weighted by molar-refractivity contribution is -0.121. The maximum absolute atomic E-state index is 12.3. The molecule has 1 saturated heterocycles. The van der Waals surface area contributed by atoms with Crippen molar-refractivity contribution in [2.45, 2.75) is 33.1 Å². The average molecular weight is 303 g/mol. The van der Waals surface area contributed by atoms with Gasteiger partial charge in [-0.15, -0.1) is 0 Å². The van der Waals surface area contributed by atoms with Gasteiger partial charge in [0.25, 0.3) is 0 Å². The van der Waals surface area contributed by atoms with Gasteiger partial charge in [0.2, 0.25) is 5.91 Å². The van der Waals surface area contributed by atoms with E-state index in [1.165, 1.54) is 0 Å². The number of amides is 3. The van der Waals surface area contributed by atoms with Gasteiger partial charge in [0.15, 0.2) is 0 Å². The molecule has 1 aromatic carbocycles. The first-order valence-electron chi connectivity index (χ1n) is 7.97. The van der Waals surface area contributed by atoms with Crippen LogP contribution in [0.5, 0.6) is 0 Å². The van der Waals surface area contributed by atoms with E-state index in [9.17, 15) is 9.59 Å². The molecule has 0 saturated carbocycles. The number of carbonyl (C=O) groups excluding carboxylic acids is 2. The fraction of sp³-hybridized carbons (Fsp3) is 0.529. The van der Waals surface area contributed by atoms with Gasteiger partial charge in [0.05, 0.1) is 0 Å². The van der Waals surface area contributed by atoms with Crippen LogP contribution < -0.4 is 10.6 Å². The number of hydrogen-bond acceptors (Lipinski definition) is 2. The minimum Gasteiger partial charge on any atom is -0.356 e. The first kappa shape index (κ1) is 16.3. The van der Waals surface area contributed by atoms with Crippen molar-refractivity contribution in [1.29, 1.82) is 0 Å². The Bertz CT molecular complexity index is 530. The number of anilines is 1. The second-order valence-corrected chi connectivity index (χ2v) is 5.91. The van der Waals surface area contributed by atoms with Gasteiger partial charge in [-0.1, -0.05) is 19.1 Å². The lowest BCUT2D eigenvalue weighted by Crippen LogP contribution is -2.45. The van der Waals surface area contributed by atoms with Gasteiger partial charge < -0.3 is 15.5 Å². The van der Waals surface area contributed by atoms with Crippen LogP contribution in [0.3, 0.4) is 0 Å². The summed E-state index contributed by atoms with van der Waals surface area (Å²) >= 11 is 0. The molecule has 0 bridgehead atoms. The van der Waals surface area contributed by atoms with E-state index < -0.39 is 0 Å². The SMILES string of the molecule is CCC(=O)NCC1CCCN(C(=O)Nc2cccc(C)c2)C1. The van der Waals surface area contributed by atoms with Crippen molar-refractivity contribution < 1.29 is 9.59 Å². The fourth-order valence-corrected chi connectivity index (χ4v) is 2.72. The third kappa shape index (κ3) is 4.76. The third-order valence-electron chi connectivity index (χ3n) is 3.98. The molecule has 1 atom stereocenters. The Morgan fingerprint density at radius 1 is 1.36 bits per heavy atom. The number of hydrogen-bond donors (Lipinski definition) is 2. The molecule has 0 aromatic heterocycles. The Kier molecular flexibility index (Phi) is 5.81. The Morgan fingerprint density at radius 2 is 2.18 bits per heavy atom. The van der Waals surface area contributed by atoms with Crippen LogP contribution in [0, 0.1) is 12.8 Å². The molecule has 22 heavy (non-hydrogen) atoms. The highest BCUT2D eigenvalue weighted by Gasteiger charge is 2.23. The number of benzene rings is 1. The van der Waals surface area contributed by atoms with E-state index in [0.29, 0.717) is 25.4 Å². The Morgan fingerprint density at radius 3 is 2.91 bits per heavy atom. The summed E-state index contributed by atoms with van der Waals surface area (Å²) in [4.78, 5) is 25.5. The molecule has 1 aromatic rings. The monoisotopic (exact) mass is 303 g/mol. The first-order valence-corrected chi connectivity index (χ1v) is 7.97. The van der Waals surface area contributed by atoms with Crippen LogP contribution in [-0.2, 0) is 4.79 Å². The standard InChI is InChI=1S/C17H25N3O2/c1-3-16(21)18-11-14-7-5-9-20(12-14)17(22)19-15-8-4-6-13(2)10-15/h4,6,8,10,14H,3,5,7,9,11-12H2,1-2H3,(H,18,21)(H,19,22). The number of nitrogens with one attached hydrogen (secondary N) is 2. The van der Waals surface area contributed by atoms with Crippen LogP contribution in [-0.4, -0.2) is 36.5 Å². The lowest BCUT2D eigenvalue weighted by atomic mass is 9.98. The largest absolute Gasteiger partial charge is 0.356 e. The molecule has 0 aliphatic carbocycles. The fourth-order valence-electron chi connectivity index (χ4n) is 2.72. The van der Waals surface area contributed by atoms with Crippen LogP contribution in [0.4, 0.5) is 10.5 Å². The van der Waals surface area contributed by atoms with Crippen molar-refractivity contribution in [2.24, 2.45) is 5.92 Å². The first-order chi connectivity index (χ1) is 10.6. The Labute approximate surface area is 132 Å². The normalized spacial score (nSPS) is 17.9. The second kappa shape index (κ2) is 7.82. The molecule has 3 amide bonds. The topological polar surface area (TPSA) is 61.4 Å². The number of nitrogens with zero attached hydrogens (tertiary/aromatic N) is 1. The Hall–Kier alpha value is -2.04. The molecule has 1 heterocycles. The number of likely N-dealkylation sites (tertiary alicyclic amines) is 1. The maximum atomic E-state index is 12.3.